The lowest BCUT2D eigenvalue weighted by molar-refractivity contribution is 0.536. The molecule has 0 aromatic heterocycles. The van der Waals surface area contributed by atoms with Crippen LogP contribution in [0, 0.1) is 0 Å². The second-order valence-corrected chi connectivity index (χ2v) is 2.86. The summed E-state index contributed by atoms with van der Waals surface area (Å²) in [4.78, 5) is 0. The smallest absolute Gasteiger partial charge is 0.0110 e. The molecule has 0 aromatic carbocycles. The molecule has 0 aliphatic rings. The minimum atomic E-state index is -1.85. The van der Waals surface area contributed by atoms with Crippen LogP contribution in [0.2, 0.25) is 0 Å². The Kier molecular flexibility index (Phi) is 5.14. The first kappa shape index (κ1) is 7.59. The van der Waals surface area contributed by atoms with Crippen molar-refractivity contribution in [3.8, 4) is 0 Å². The SMILES string of the molecule is O=S([O-])CCCBr. The molecule has 1 unspecified atom stereocenters. The van der Waals surface area contributed by atoms with Gasteiger partial charge in [-0.3, -0.25) is 4.21 Å². The Balaban J connectivity index is 2.82. The third-order valence-corrected chi connectivity index (χ3v) is 1.63. The topological polar surface area (TPSA) is 40.1 Å². The van der Waals surface area contributed by atoms with Gasteiger partial charge in [0, 0.05) is 11.1 Å². The van der Waals surface area contributed by atoms with Gasteiger partial charge >= 0.3 is 0 Å². The fraction of sp³-hybridized carbons (Fsp3) is 1.00. The first-order valence-corrected chi connectivity index (χ1v) is 4.25. The summed E-state index contributed by atoms with van der Waals surface area (Å²) in [5, 5.41) is 0.765. The van der Waals surface area contributed by atoms with Crippen LogP contribution < -0.4 is 0 Å². The molecule has 0 bridgehead atoms. The van der Waals surface area contributed by atoms with Crippen LogP contribution in [0.15, 0.2) is 0 Å². The summed E-state index contributed by atoms with van der Waals surface area (Å²) in [5.74, 6) is 0.269. The Hall–Kier alpha value is 0.590. The van der Waals surface area contributed by atoms with E-state index in [1.54, 1.807) is 0 Å². The molecule has 0 amide bonds. The molecular formula is C3H6BrO2S-. The minimum Gasteiger partial charge on any atom is -0.772 e. The molecule has 0 radical (unpaired) electrons. The average molecular weight is 186 g/mol. The van der Waals surface area contributed by atoms with E-state index >= 15 is 0 Å². The Bertz CT molecular complexity index is 66.0. The summed E-state index contributed by atoms with van der Waals surface area (Å²) in [7, 11) is 0. The van der Waals surface area contributed by atoms with E-state index in [4.69, 9.17) is 0 Å². The van der Waals surface area contributed by atoms with Gasteiger partial charge in [-0.05, 0) is 6.42 Å². The molecule has 0 saturated heterocycles. The molecule has 1 atom stereocenters. The summed E-state index contributed by atoms with van der Waals surface area (Å²) in [6.45, 7) is 0. The molecule has 7 heavy (non-hydrogen) atoms. The van der Waals surface area contributed by atoms with Crippen LogP contribution in [-0.2, 0) is 11.1 Å². The molecule has 0 rings (SSSR count). The number of rotatable bonds is 3. The largest absolute Gasteiger partial charge is 0.772 e. The normalized spacial score (nSPS) is 14.0. The summed E-state index contributed by atoms with van der Waals surface area (Å²) in [5.41, 5.74) is 0. The van der Waals surface area contributed by atoms with Crippen LogP contribution in [0.3, 0.4) is 0 Å². The van der Waals surface area contributed by atoms with Gasteiger partial charge in [0.05, 0.1) is 0 Å². The van der Waals surface area contributed by atoms with E-state index in [2.05, 4.69) is 15.9 Å². The summed E-state index contributed by atoms with van der Waals surface area (Å²) in [6.07, 6.45) is 0.704. The van der Waals surface area contributed by atoms with Crippen molar-refractivity contribution in [1.82, 2.24) is 0 Å². The number of hydrogen-bond acceptors (Lipinski definition) is 2. The zero-order chi connectivity index (χ0) is 5.70. The second-order valence-electron chi connectivity index (χ2n) is 1.05. The van der Waals surface area contributed by atoms with Gasteiger partial charge in [-0.1, -0.05) is 27.0 Å². The molecule has 44 valence electrons. The average Bonchev–Trinajstić information content (AvgIpc) is 1.61. The standard InChI is InChI=1S/C3H7BrO2S/c4-2-1-3-7(5)6/h1-3H2,(H,5,6)/p-1. The quantitative estimate of drug-likeness (QED) is 0.479. The maximum atomic E-state index is 9.74. The van der Waals surface area contributed by atoms with E-state index in [0.717, 1.165) is 5.33 Å². The van der Waals surface area contributed by atoms with E-state index in [1.807, 2.05) is 0 Å². The van der Waals surface area contributed by atoms with Crippen molar-refractivity contribution in [3.05, 3.63) is 0 Å². The van der Waals surface area contributed by atoms with E-state index in [1.165, 1.54) is 0 Å². The van der Waals surface area contributed by atoms with Gasteiger partial charge in [-0.15, -0.1) is 0 Å². The fourth-order valence-corrected chi connectivity index (χ4v) is 1.20. The zero-order valence-electron chi connectivity index (χ0n) is 3.72. The molecule has 2 nitrogen and oxygen atoms in total. The number of halogens is 1. The molecular weight excluding hydrogens is 180 g/mol. The van der Waals surface area contributed by atoms with Crippen molar-refractivity contribution >= 4 is 27.0 Å². The molecule has 0 spiro atoms. The van der Waals surface area contributed by atoms with Crippen LogP contribution >= 0.6 is 15.9 Å². The zero-order valence-corrected chi connectivity index (χ0v) is 6.13. The molecule has 0 aliphatic heterocycles. The third kappa shape index (κ3) is 6.59. The molecule has 4 heteroatoms. The monoisotopic (exact) mass is 185 g/mol. The van der Waals surface area contributed by atoms with E-state index in [9.17, 15) is 8.76 Å². The Morgan fingerprint density at radius 2 is 2.29 bits per heavy atom. The minimum absolute atomic E-state index is 0.269. The molecule has 0 aliphatic carbocycles. The van der Waals surface area contributed by atoms with Crippen LogP contribution in [0.5, 0.6) is 0 Å². The highest BCUT2D eigenvalue weighted by atomic mass is 79.9. The van der Waals surface area contributed by atoms with E-state index < -0.39 is 11.1 Å². The van der Waals surface area contributed by atoms with E-state index in [0.29, 0.717) is 6.42 Å². The van der Waals surface area contributed by atoms with Crippen LogP contribution in [0.1, 0.15) is 6.42 Å². The molecule has 0 N–H and O–H groups in total. The first-order valence-electron chi connectivity index (χ1n) is 1.89. The summed E-state index contributed by atoms with van der Waals surface area (Å²) in [6, 6.07) is 0. The second kappa shape index (κ2) is 4.74. The van der Waals surface area contributed by atoms with Crippen molar-refractivity contribution in [2.45, 2.75) is 6.42 Å². The maximum absolute atomic E-state index is 9.74. The van der Waals surface area contributed by atoms with Gasteiger partial charge in [0.2, 0.25) is 0 Å². The summed E-state index contributed by atoms with van der Waals surface area (Å²) >= 11 is 1.26. The van der Waals surface area contributed by atoms with Gasteiger partial charge < -0.3 is 4.55 Å². The van der Waals surface area contributed by atoms with Crippen molar-refractivity contribution in [2.75, 3.05) is 11.1 Å². The van der Waals surface area contributed by atoms with Gasteiger partial charge in [0.1, 0.15) is 0 Å². The predicted octanol–water partition coefficient (Wildman–Crippen LogP) is 0.651. The Morgan fingerprint density at radius 3 is 2.43 bits per heavy atom. The van der Waals surface area contributed by atoms with Crippen molar-refractivity contribution in [2.24, 2.45) is 0 Å². The van der Waals surface area contributed by atoms with Crippen molar-refractivity contribution < 1.29 is 8.76 Å². The van der Waals surface area contributed by atoms with Crippen LogP contribution in [0.4, 0.5) is 0 Å². The predicted molar refractivity (Wildman–Crippen MR) is 32.2 cm³/mol. The summed E-state index contributed by atoms with van der Waals surface area (Å²) < 4.78 is 19.5. The van der Waals surface area contributed by atoms with Crippen LogP contribution in [-0.4, -0.2) is 19.8 Å². The highest BCUT2D eigenvalue weighted by Crippen LogP contribution is 1.87. The van der Waals surface area contributed by atoms with Gasteiger partial charge in [-0.25, -0.2) is 0 Å². The van der Waals surface area contributed by atoms with Gasteiger partial charge in [-0.2, -0.15) is 0 Å². The van der Waals surface area contributed by atoms with Gasteiger partial charge in [0.15, 0.2) is 0 Å². The maximum Gasteiger partial charge on any atom is 0.0110 e. The lowest BCUT2D eigenvalue weighted by Crippen LogP contribution is -1.94. The molecule has 0 aromatic rings. The third-order valence-electron chi connectivity index (χ3n) is 0.445. The van der Waals surface area contributed by atoms with Crippen molar-refractivity contribution in [3.63, 3.8) is 0 Å². The lowest BCUT2D eigenvalue weighted by atomic mass is 10.6. The number of alkyl halides is 1. The molecule has 0 saturated carbocycles. The highest BCUT2D eigenvalue weighted by Gasteiger charge is 1.80. The number of hydrogen-bond donors (Lipinski definition) is 0. The molecule has 0 fully saturated rings. The van der Waals surface area contributed by atoms with Crippen LogP contribution in [0.25, 0.3) is 0 Å². The lowest BCUT2D eigenvalue weighted by Gasteiger charge is -1.99. The van der Waals surface area contributed by atoms with Gasteiger partial charge in [0.25, 0.3) is 0 Å². The molecule has 0 heterocycles. The van der Waals surface area contributed by atoms with Crippen molar-refractivity contribution in [1.29, 1.82) is 0 Å². The Labute approximate surface area is 53.7 Å². The fourth-order valence-electron chi connectivity index (χ4n) is 0.172. The highest BCUT2D eigenvalue weighted by molar-refractivity contribution is 9.09. The van der Waals surface area contributed by atoms with E-state index in [-0.39, 0.29) is 5.75 Å². The Morgan fingerprint density at radius 1 is 1.71 bits per heavy atom. The first-order chi connectivity index (χ1) is 3.27.